The molecule has 22 aromatic rings. The van der Waals surface area contributed by atoms with Gasteiger partial charge in [-0.25, -0.2) is 53.6 Å². The van der Waals surface area contributed by atoms with E-state index in [9.17, 15) is 41.9 Å². The zero-order valence-corrected chi connectivity index (χ0v) is 96.9. The second-order valence-electron chi connectivity index (χ2n) is 30.0. The quantitative estimate of drug-likeness (QED) is 0.0756. The van der Waals surface area contributed by atoms with Crippen molar-refractivity contribution in [2.75, 3.05) is 0 Å². The molecule has 768 valence electrons. The molecule has 9 aromatic carbocycles. The number of aromatic carboxylic acids is 2. The van der Waals surface area contributed by atoms with Crippen molar-refractivity contribution in [1.82, 2.24) is 49.8 Å². The van der Waals surface area contributed by atoms with Gasteiger partial charge in [-0.15, -0.1) is 215 Å². The van der Waals surface area contributed by atoms with Gasteiger partial charge in [0.05, 0.1) is 18.4 Å². The summed E-state index contributed by atoms with van der Waals surface area (Å²) in [5, 5.41) is 21.3. The molecule has 30 heteroatoms. The maximum absolute atomic E-state index is 13.2. The van der Waals surface area contributed by atoms with E-state index in [2.05, 4.69) is 166 Å². The van der Waals surface area contributed by atoms with Crippen LogP contribution < -0.4 is 0 Å². The average molecular weight is 3110 g/mol. The third-order valence-electron chi connectivity index (χ3n) is 18.9. The van der Waals surface area contributed by atoms with E-state index in [1.165, 1.54) is 88.5 Å². The smallest absolute Gasteiger partial charge is 0.354 e. The van der Waals surface area contributed by atoms with E-state index in [0.717, 1.165) is 88.5 Å². The van der Waals surface area contributed by atoms with Crippen LogP contribution >= 0.6 is 34.0 Å². The summed E-state index contributed by atoms with van der Waals surface area (Å²) in [6.45, 7) is 5.62. The molecule has 0 spiro atoms. The van der Waals surface area contributed by atoms with Crippen molar-refractivity contribution in [2.24, 2.45) is 0 Å². The van der Waals surface area contributed by atoms with Gasteiger partial charge in [0.25, 0.3) is 0 Å². The second-order valence-corrected chi connectivity index (χ2v) is 33.2. The van der Waals surface area contributed by atoms with Crippen LogP contribution in [-0.2, 0) is 140 Å². The first-order valence-corrected chi connectivity index (χ1v) is 46.8. The monoisotopic (exact) mass is 3110 g/mol. The molecular weight excluding hydrogens is 3020 g/mol. The topological polar surface area (TPSA) is 272 Å². The number of benzene rings is 9. The van der Waals surface area contributed by atoms with Crippen molar-refractivity contribution in [1.29, 1.82) is 0 Å². The second kappa shape index (κ2) is 70.8. The predicted molar refractivity (Wildman–Crippen MR) is 566 cm³/mol. The molecule has 0 atom stereocenters. The van der Waals surface area contributed by atoms with Crippen LogP contribution in [0.4, 0.5) is 13.2 Å². The molecule has 6 radical (unpaired) electrons. The van der Waals surface area contributed by atoms with Crippen LogP contribution in [0.15, 0.2) is 432 Å². The molecule has 2 N–H and O–H groups in total. The molecule has 13 heterocycles. The number of carboxylic acids is 2. The molecule has 18 nitrogen and oxygen atoms in total. The number of carbonyl (C=O) groups excluding carboxylic acids is 4. The van der Waals surface area contributed by atoms with Gasteiger partial charge in [0.2, 0.25) is 0 Å². The number of carboxylic acid groups (broad SMARTS) is 2. The molecule has 0 fully saturated rings. The number of nitrogens with zero attached hydrogens (tertiary/aromatic N) is 10. The first kappa shape index (κ1) is 126. The molecule has 0 aliphatic carbocycles. The minimum Gasteiger partial charge on any atom is -0.477 e. The van der Waals surface area contributed by atoms with Crippen molar-refractivity contribution in [2.45, 2.75) is 40.5 Å². The van der Waals surface area contributed by atoms with Crippen LogP contribution in [0.2, 0.25) is 0 Å². The first-order valence-electron chi connectivity index (χ1n) is 44.4. The Morgan fingerprint density at radius 3 is 0.853 bits per heavy atom. The standard InChI is InChI=1S/C17H10NS.2C13H8NS.C11H6F2N.C11H7FN.3C11H8N.2C6H5NO2.2C5H8O2.6Ir/c1-3-7-14-12(5-1)9-10-15(18-14)17-11-13-6-2-4-8-16(13)19-17;2*1-2-7-12-10(5-1)9-13(15-12)11-6-3-4-8-14-11;12-8-4-5-9(10(13)7-8)11-3-1-2-6-14-11;12-10-6-2-1-5-9(10)11-7-3-4-8-13-11;3*1-2-6-10(7-3-1)11-8-4-5-9-12-11;2*8-6(9)5-3-1-2-4-7-5;2*1-4(6)3-5(2)7;;;;;;/h1-10H;2*1-8H;1-4,6-7H;1-4,6-8H;3*1-6,8-9H;2*1-4H,(H,8,9);2*3H2,1-2H3;;;;;;/q8*-1;;;;;;;;;;. The van der Waals surface area contributed by atoms with Crippen molar-refractivity contribution >= 4 is 110 Å². The van der Waals surface area contributed by atoms with Crippen molar-refractivity contribution in [3.63, 3.8) is 0 Å². The molecule has 0 amide bonds. The summed E-state index contributed by atoms with van der Waals surface area (Å²) in [6.07, 6.45) is 15.2. The molecule has 0 bridgehead atoms. The number of fused-ring (bicyclic) bond motifs is 4. The van der Waals surface area contributed by atoms with Gasteiger partial charge in [0.1, 0.15) is 34.5 Å². The van der Waals surface area contributed by atoms with E-state index in [1.54, 1.807) is 132 Å². The zero-order chi connectivity index (χ0) is 102. The number of aromatic nitrogens is 10. The third-order valence-corrected chi connectivity index (χ3v) is 22.2. The summed E-state index contributed by atoms with van der Waals surface area (Å²) in [5.41, 5.74) is 11.9. The Bertz CT molecular complexity index is 7110. The van der Waals surface area contributed by atoms with E-state index in [4.69, 9.17) is 15.2 Å². The van der Waals surface area contributed by atoms with E-state index in [0.29, 0.717) is 17.0 Å². The van der Waals surface area contributed by atoms with Crippen LogP contribution in [0.1, 0.15) is 61.5 Å². The molecule has 13 aromatic heterocycles. The number of halogens is 3. The van der Waals surface area contributed by atoms with Crippen LogP contribution in [-0.4, -0.2) is 95.1 Å². The van der Waals surface area contributed by atoms with Crippen LogP contribution in [0.25, 0.3) is 129 Å². The largest absolute Gasteiger partial charge is 0.477 e. The Balaban J connectivity index is 0.000000289. The maximum Gasteiger partial charge on any atom is 0.354 e. The molecule has 0 saturated carbocycles. The van der Waals surface area contributed by atoms with E-state index >= 15 is 0 Å². The van der Waals surface area contributed by atoms with E-state index in [1.807, 2.05) is 219 Å². The van der Waals surface area contributed by atoms with Crippen LogP contribution in [0, 0.1) is 66.0 Å². The number of ketones is 4. The number of Topliss-reactive ketones (excluding diaryl/α,β-unsaturated/α-hetero) is 4. The predicted octanol–water partition coefficient (Wildman–Crippen LogP) is 28.3. The number of rotatable bonds is 14. The Kier molecular flexibility index (Phi) is 59.6. The van der Waals surface area contributed by atoms with Crippen molar-refractivity contribution in [3.8, 4) is 88.0 Å². The molecule has 0 unspecified atom stereocenters. The molecule has 0 saturated heterocycles. The SMILES string of the molecule is CC(=O)CC(C)=O.CC(=O)CC(C)=O.Fc1c[c-]c(-c2ccccn2)c(F)c1.Fc1ccc[c-]c1-c1ccccn1.O=C(O)c1ccccn1.O=C(O)c1ccccn1.[Ir].[Ir].[Ir].[Ir].[Ir].[Ir].[c-]1c(-c2ccc3ccccc3n2)sc2ccccc12.[c-]1c(-c2ccccn2)sc2ccccc12.[c-]1c(-c2ccccn2)sc2ccccc12.[c-]1ccccc1-c1ccccn1.[c-]1ccccc1-c1ccccn1.[c-]1ccccc1-c1ccccn1. The third kappa shape index (κ3) is 44.4. The number of hydrogen-bond acceptors (Lipinski definition) is 19. The van der Waals surface area contributed by atoms with Gasteiger partial charge >= 0.3 is 11.9 Å². The molecular formula is C120H89F3Ir6N10O8S3-8. The van der Waals surface area contributed by atoms with E-state index < -0.39 is 23.6 Å². The van der Waals surface area contributed by atoms with Crippen molar-refractivity contribution < 1.29 is 173 Å². The Hall–Kier alpha value is -14.1. The summed E-state index contributed by atoms with van der Waals surface area (Å²) >= 11 is 5.21. The van der Waals surface area contributed by atoms with Crippen molar-refractivity contribution in [3.05, 3.63) is 509 Å². The summed E-state index contributed by atoms with van der Waals surface area (Å²) in [7, 11) is 0. The number of thiophene rings is 3. The maximum atomic E-state index is 13.2. The number of carbonyl (C=O) groups is 6. The number of pyridine rings is 10. The molecule has 22 rings (SSSR count). The fourth-order valence-corrected chi connectivity index (χ4v) is 15.4. The van der Waals surface area contributed by atoms with Crippen LogP contribution in [0.5, 0.6) is 0 Å². The molecule has 0 aliphatic rings. The zero-order valence-electron chi connectivity index (χ0n) is 80.1. The van der Waals surface area contributed by atoms with Gasteiger partial charge < -0.3 is 45.1 Å². The normalized spacial score (nSPS) is 9.51. The summed E-state index contributed by atoms with van der Waals surface area (Å²) < 4.78 is 42.8. The summed E-state index contributed by atoms with van der Waals surface area (Å²) in [4.78, 5) is 105. The first-order chi connectivity index (χ1) is 70.2. The molecule has 150 heavy (non-hydrogen) atoms. The molecule has 0 aliphatic heterocycles. The van der Waals surface area contributed by atoms with Gasteiger partial charge in [-0.1, -0.05) is 181 Å². The fraction of sp³-hybridized carbons (Fsp3) is 0.0500. The Labute approximate surface area is 961 Å². The fourth-order valence-electron chi connectivity index (χ4n) is 12.5. The average Bonchev–Trinajstić information content (AvgIpc) is 1.76. The number of hydrogen-bond donors (Lipinski definition) is 2. The summed E-state index contributed by atoms with van der Waals surface area (Å²) in [5.74, 6) is -3.81. The Morgan fingerprint density at radius 1 is 0.273 bits per heavy atom. The summed E-state index contributed by atoms with van der Waals surface area (Å²) in [6, 6.07) is 142. The minimum absolute atomic E-state index is 0. The number of para-hydroxylation sites is 1. The van der Waals surface area contributed by atoms with Gasteiger partial charge in [0.15, 0.2) is 0 Å². The minimum atomic E-state index is -0.990. The van der Waals surface area contributed by atoms with Gasteiger partial charge in [-0.05, 0) is 163 Å². The van der Waals surface area contributed by atoms with Gasteiger partial charge in [-0.3, -0.25) is 37.3 Å². The van der Waals surface area contributed by atoms with Gasteiger partial charge in [-0.2, -0.15) is 0 Å². The van der Waals surface area contributed by atoms with E-state index in [-0.39, 0.29) is 179 Å². The Morgan fingerprint density at radius 2 is 0.567 bits per heavy atom. The van der Waals surface area contributed by atoms with Crippen LogP contribution in [0.3, 0.4) is 0 Å². The van der Waals surface area contributed by atoms with Gasteiger partial charge in [0, 0.05) is 211 Å².